The highest BCUT2D eigenvalue weighted by Crippen LogP contribution is 2.38. The van der Waals surface area contributed by atoms with E-state index in [0.717, 1.165) is 29.5 Å². The van der Waals surface area contributed by atoms with Crippen LogP contribution in [0, 0.1) is 0 Å². The molecule has 0 atom stereocenters. The molecule has 0 unspecified atom stereocenters. The summed E-state index contributed by atoms with van der Waals surface area (Å²) in [5.74, 6) is 2.10. The summed E-state index contributed by atoms with van der Waals surface area (Å²) < 4.78 is 36.8. The minimum absolute atomic E-state index is 0.0972. The van der Waals surface area contributed by atoms with Gasteiger partial charge in [-0.2, -0.15) is 0 Å². The molecule has 5 rings (SSSR count). The molecule has 0 saturated carbocycles. The fourth-order valence-electron chi connectivity index (χ4n) is 3.88. The van der Waals surface area contributed by atoms with Gasteiger partial charge < -0.3 is 9.47 Å². The standard InChI is InChI=1S/C23H22N4O4S2/c1-30-18-7-3-4-8-19(18)31-15-10-12-16(13-11-15)33(28,29)27-26-22-21-17-6-2-5-9-20(17)32-23(21)25-14-24-22/h3-4,7-8,10-14,27H,2,5-6,9H2,1H3,(H,24,25,26). The Balaban J connectivity index is 1.33. The van der Waals surface area contributed by atoms with Crippen LogP contribution in [0.5, 0.6) is 17.2 Å². The quantitative estimate of drug-likeness (QED) is 0.369. The van der Waals surface area contributed by atoms with E-state index in [4.69, 9.17) is 9.47 Å². The van der Waals surface area contributed by atoms with Crippen molar-refractivity contribution in [1.82, 2.24) is 14.8 Å². The number of anilines is 1. The van der Waals surface area contributed by atoms with E-state index < -0.39 is 10.0 Å². The monoisotopic (exact) mass is 482 g/mol. The zero-order valence-corrected chi connectivity index (χ0v) is 19.5. The van der Waals surface area contributed by atoms with Crippen molar-refractivity contribution < 1.29 is 17.9 Å². The van der Waals surface area contributed by atoms with Crippen molar-refractivity contribution in [2.75, 3.05) is 12.5 Å². The van der Waals surface area contributed by atoms with Gasteiger partial charge in [0.25, 0.3) is 10.0 Å². The lowest BCUT2D eigenvalue weighted by molar-refractivity contribution is 0.379. The first-order valence-electron chi connectivity index (χ1n) is 10.5. The Morgan fingerprint density at radius 2 is 1.73 bits per heavy atom. The van der Waals surface area contributed by atoms with Gasteiger partial charge in [-0.15, -0.1) is 16.2 Å². The lowest BCUT2D eigenvalue weighted by Crippen LogP contribution is -2.30. The molecule has 4 aromatic rings. The number of thiophene rings is 1. The molecule has 8 nitrogen and oxygen atoms in total. The van der Waals surface area contributed by atoms with Crippen LogP contribution in [0.3, 0.4) is 0 Å². The fraction of sp³-hybridized carbons (Fsp3) is 0.217. The maximum Gasteiger partial charge on any atom is 0.257 e. The summed E-state index contributed by atoms with van der Waals surface area (Å²) in [4.78, 5) is 13.4. The SMILES string of the molecule is COc1ccccc1Oc1ccc(S(=O)(=O)NNc2ncnc3sc4c(c23)CCCC4)cc1. The Morgan fingerprint density at radius 3 is 2.52 bits per heavy atom. The second-order valence-corrected chi connectivity index (χ2v) is 10.3. The van der Waals surface area contributed by atoms with E-state index in [1.807, 2.05) is 12.1 Å². The summed E-state index contributed by atoms with van der Waals surface area (Å²) in [5, 5.41) is 0.903. The van der Waals surface area contributed by atoms with Gasteiger partial charge in [0.15, 0.2) is 17.3 Å². The zero-order valence-electron chi connectivity index (χ0n) is 17.9. The molecule has 0 radical (unpaired) electrons. The van der Waals surface area contributed by atoms with Crippen molar-refractivity contribution in [3.8, 4) is 17.2 Å². The van der Waals surface area contributed by atoms with E-state index in [9.17, 15) is 8.42 Å². The lowest BCUT2D eigenvalue weighted by atomic mass is 9.97. The number of rotatable bonds is 7. The van der Waals surface area contributed by atoms with Gasteiger partial charge in [-0.05, 0) is 67.6 Å². The highest BCUT2D eigenvalue weighted by Gasteiger charge is 2.21. The zero-order chi connectivity index (χ0) is 22.8. The van der Waals surface area contributed by atoms with E-state index in [-0.39, 0.29) is 4.90 Å². The Hall–Kier alpha value is -3.21. The number of fused-ring (bicyclic) bond motifs is 3. The maximum atomic E-state index is 12.9. The van der Waals surface area contributed by atoms with E-state index >= 15 is 0 Å². The van der Waals surface area contributed by atoms with Crippen molar-refractivity contribution in [3.63, 3.8) is 0 Å². The second-order valence-electron chi connectivity index (χ2n) is 7.57. The summed E-state index contributed by atoms with van der Waals surface area (Å²) in [6.45, 7) is 0. The summed E-state index contributed by atoms with van der Waals surface area (Å²) in [5.41, 5.74) is 4.03. The van der Waals surface area contributed by atoms with E-state index in [0.29, 0.717) is 23.1 Å². The van der Waals surface area contributed by atoms with E-state index in [1.54, 1.807) is 42.7 Å². The van der Waals surface area contributed by atoms with E-state index in [2.05, 4.69) is 20.2 Å². The van der Waals surface area contributed by atoms with Gasteiger partial charge in [0.05, 0.1) is 17.4 Å². The number of aromatic nitrogens is 2. The smallest absolute Gasteiger partial charge is 0.257 e. The molecule has 1 aliphatic carbocycles. The number of aryl methyl sites for hydroxylation is 2. The Morgan fingerprint density at radius 1 is 0.970 bits per heavy atom. The predicted molar refractivity (Wildman–Crippen MR) is 128 cm³/mol. The summed E-state index contributed by atoms with van der Waals surface area (Å²) in [7, 11) is -2.27. The Labute approximate surface area is 195 Å². The van der Waals surface area contributed by atoms with Crippen molar-refractivity contribution in [1.29, 1.82) is 0 Å². The van der Waals surface area contributed by atoms with Gasteiger partial charge >= 0.3 is 0 Å². The fourth-order valence-corrected chi connectivity index (χ4v) is 5.95. The van der Waals surface area contributed by atoms with Crippen LogP contribution in [0.25, 0.3) is 10.2 Å². The third kappa shape index (κ3) is 4.37. The number of hydrogen-bond donors (Lipinski definition) is 2. The molecule has 1 aliphatic rings. The number of nitrogens with zero attached hydrogens (tertiary/aromatic N) is 2. The average Bonchev–Trinajstić information content (AvgIpc) is 3.23. The minimum Gasteiger partial charge on any atom is -0.493 e. The molecule has 170 valence electrons. The largest absolute Gasteiger partial charge is 0.493 e. The number of hydrazine groups is 1. The number of hydrogen-bond acceptors (Lipinski definition) is 8. The highest BCUT2D eigenvalue weighted by molar-refractivity contribution is 7.89. The third-order valence-electron chi connectivity index (χ3n) is 5.49. The lowest BCUT2D eigenvalue weighted by Gasteiger charge is -2.13. The van der Waals surface area contributed by atoms with Gasteiger partial charge in [-0.1, -0.05) is 12.1 Å². The van der Waals surface area contributed by atoms with Gasteiger partial charge in [0.2, 0.25) is 0 Å². The van der Waals surface area contributed by atoms with Crippen LogP contribution in [-0.4, -0.2) is 25.5 Å². The number of nitrogens with one attached hydrogen (secondary N) is 2. The van der Waals surface area contributed by atoms with Crippen molar-refractivity contribution in [2.24, 2.45) is 0 Å². The van der Waals surface area contributed by atoms with Crippen LogP contribution in [-0.2, 0) is 22.9 Å². The van der Waals surface area contributed by atoms with Crippen LogP contribution in [0.1, 0.15) is 23.3 Å². The van der Waals surface area contributed by atoms with E-state index in [1.165, 1.54) is 35.3 Å². The summed E-state index contributed by atoms with van der Waals surface area (Å²) in [6, 6.07) is 13.4. The first-order valence-corrected chi connectivity index (χ1v) is 12.8. The predicted octanol–water partition coefficient (Wildman–Crippen LogP) is 4.68. The molecular formula is C23H22N4O4S2. The molecule has 2 heterocycles. The first kappa shape index (κ1) is 21.6. The average molecular weight is 483 g/mol. The molecule has 0 fully saturated rings. The molecule has 10 heteroatoms. The molecule has 0 spiro atoms. The molecule has 33 heavy (non-hydrogen) atoms. The third-order valence-corrected chi connectivity index (χ3v) is 7.95. The number of sulfonamides is 1. The number of methoxy groups -OCH3 is 1. The highest BCUT2D eigenvalue weighted by atomic mass is 32.2. The molecule has 0 amide bonds. The van der Waals surface area contributed by atoms with Gasteiger partial charge in [0.1, 0.15) is 16.9 Å². The number of para-hydroxylation sites is 2. The molecule has 0 saturated heterocycles. The molecule has 0 bridgehead atoms. The first-order chi connectivity index (χ1) is 16.0. The van der Waals surface area contributed by atoms with Crippen molar-refractivity contribution >= 4 is 37.4 Å². The van der Waals surface area contributed by atoms with Crippen molar-refractivity contribution in [2.45, 2.75) is 30.6 Å². The van der Waals surface area contributed by atoms with Crippen LogP contribution in [0.15, 0.2) is 59.8 Å². The van der Waals surface area contributed by atoms with Crippen LogP contribution in [0.2, 0.25) is 0 Å². The van der Waals surface area contributed by atoms with Crippen molar-refractivity contribution in [3.05, 3.63) is 65.3 Å². The summed E-state index contributed by atoms with van der Waals surface area (Å²) >= 11 is 1.66. The molecule has 2 aromatic heterocycles. The second kappa shape index (κ2) is 8.97. The molecular weight excluding hydrogens is 460 g/mol. The van der Waals surface area contributed by atoms with Gasteiger partial charge in [-0.3, -0.25) is 5.43 Å². The normalized spacial score (nSPS) is 13.5. The van der Waals surface area contributed by atoms with Crippen LogP contribution < -0.4 is 19.7 Å². The maximum absolute atomic E-state index is 12.9. The minimum atomic E-state index is -3.83. The number of ether oxygens (including phenoxy) is 2. The van der Waals surface area contributed by atoms with Crippen LogP contribution in [0.4, 0.5) is 5.82 Å². The van der Waals surface area contributed by atoms with Gasteiger partial charge in [0, 0.05) is 4.88 Å². The Kier molecular flexibility index (Phi) is 5.88. The summed E-state index contributed by atoms with van der Waals surface area (Å²) in [6.07, 6.45) is 5.72. The molecule has 2 N–H and O–H groups in total. The Bertz CT molecular complexity index is 1400. The van der Waals surface area contributed by atoms with Gasteiger partial charge in [-0.25, -0.2) is 18.4 Å². The van der Waals surface area contributed by atoms with Crippen LogP contribution >= 0.6 is 11.3 Å². The molecule has 2 aromatic carbocycles. The number of benzene rings is 2. The molecule has 0 aliphatic heterocycles. The topological polar surface area (TPSA) is 102 Å².